The number of rotatable bonds is 4. The maximum absolute atomic E-state index is 11.9. The van der Waals surface area contributed by atoms with Crippen molar-refractivity contribution in [3.8, 4) is 17.0 Å². The average Bonchev–Trinajstić information content (AvgIpc) is 3.02. The monoisotopic (exact) mass is 288 g/mol. The predicted molar refractivity (Wildman–Crippen MR) is 80.0 cm³/mol. The summed E-state index contributed by atoms with van der Waals surface area (Å²) in [6.07, 6.45) is 0.989. The molecule has 1 saturated carbocycles. The molecule has 1 fully saturated rings. The second-order valence-electron chi connectivity index (χ2n) is 5.08. The molecular formula is C15H16N2O2S. The predicted octanol–water partition coefficient (Wildman–Crippen LogP) is 3.41. The van der Waals surface area contributed by atoms with Gasteiger partial charge in [0.2, 0.25) is 5.91 Å². The quantitative estimate of drug-likeness (QED) is 0.938. The molecule has 0 saturated heterocycles. The lowest BCUT2D eigenvalue weighted by atomic mass is 10.2. The number of thiazole rings is 1. The van der Waals surface area contributed by atoms with E-state index < -0.39 is 0 Å². The van der Waals surface area contributed by atoms with Crippen LogP contribution in [-0.2, 0) is 4.79 Å². The Labute approximate surface area is 121 Å². The molecule has 2 aromatic rings. The lowest BCUT2D eigenvalue weighted by Gasteiger charge is -2.01. The first-order chi connectivity index (χ1) is 9.67. The van der Waals surface area contributed by atoms with Gasteiger partial charge in [0.25, 0.3) is 0 Å². The van der Waals surface area contributed by atoms with Gasteiger partial charge in [-0.2, -0.15) is 0 Å². The first-order valence-corrected chi connectivity index (χ1v) is 7.46. The smallest absolute Gasteiger partial charge is 0.229 e. The third-order valence-electron chi connectivity index (χ3n) is 3.57. The molecule has 20 heavy (non-hydrogen) atoms. The Balaban J connectivity index is 1.70. The maximum Gasteiger partial charge on any atom is 0.229 e. The minimum atomic E-state index is 0.0909. The number of hydrogen-bond acceptors (Lipinski definition) is 4. The van der Waals surface area contributed by atoms with Crippen LogP contribution in [0, 0.1) is 11.8 Å². The second-order valence-corrected chi connectivity index (χ2v) is 5.93. The fraction of sp³-hybridized carbons (Fsp3) is 0.333. The highest BCUT2D eigenvalue weighted by atomic mass is 32.1. The number of aromatic nitrogens is 1. The number of carbonyl (C=O) groups excluding carboxylic acids is 1. The van der Waals surface area contributed by atoms with E-state index in [1.54, 1.807) is 7.11 Å². The van der Waals surface area contributed by atoms with Crippen LogP contribution in [0.15, 0.2) is 29.6 Å². The number of amides is 1. The highest BCUT2D eigenvalue weighted by Crippen LogP contribution is 2.38. The third-order valence-corrected chi connectivity index (χ3v) is 4.32. The summed E-state index contributed by atoms with van der Waals surface area (Å²) in [5.41, 5.74) is 1.89. The van der Waals surface area contributed by atoms with Gasteiger partial charge in [-0.3, -0.25) is 4.79 Å². The van der Waals surface area contributed by atoms with Crippen LogP contribution in [-0.4, -0.2) is 18.0 Å². The van der Waals surface area contributed by atoms with E-state index in [1.165, 1.54) is 11.3 Å². The number of nitrogens with zero attached hydrogens (tertiary/aromatic N) is 1. The SMILES string of the molecule is COc1ccc(-c2csc(NC(=O)[C@H]3C[C@H]3C)n2)cc1. The summed E-state index contributed by atoms with van der Waals surface area (Å²) in [6, 6.07) is 7.72. The minimum absolute atomic E-state index is 0.0909. The van der Waals surface area contributed by atoms with E-state index in [0.717, 1.165) is 23.4 Å². The molecule has 1 heterocycles. The van der Waals surface area contributed by atoms with E-state index >= 15 is 0 Å². The molecule has 1 aliphatic carbocycles. The normalized spacial score (nSPS) is 20.5. The summed E-state index contributed by atoms with van der Waals surface area (Å²) >= 11 is 1.45. The van der Waals surface area contributed by atoms with Gasteiger partial charge in [0.1, 0.15) is 5.75 Å². The van der Waals surface area contributed by atoms with Crippen molar-refractivity contribution in [3.05, 3.63) is 29.6 Å². The Morgan fingerprint density at radius 3 is 2.70 bits per heavy atom. The van der Waals surface area contributed by atoms with E-state index in [1.807, 2.05) is 29.6 Å². The summed E-state index contributed by atoms with van der Waals surface area (Å²) in [4.78, 5) is 16.3. The first-order valence-electron chi connectivity index (χ1n) is 6.58. The second kappa shape index (κ2) is 5.25. The summed E-state index contributed by atoms with van der Waals surface area (Å²) in [5.74, 6) is 1.59. The van der Waals surface area contributed by atoms with Gasteiger partial charge in [-0.05, 0) is 36.6 Å². The largest absolute Gasteiger partial charge is 0.497 e. The van der Waals surface area contributed by atoms with Crippen molar-refractivity contribution in [2.75, 3.05) is 12.4 Å². The highest BCUT2D eigenvalue weighted by molar-refractivity contribution is 7.14. The average molecular weight is 288 g/mol. The first kappa shape index (κ1) is 13.1. The Morgan fingerprint density at radius 1 is 1.40 bits per heavy atom. The molecule has 4 nitrogen and oxygen atoms in total. The van der Waals surface area contributed by atoms with Crippen molar-refractivity contribution in [2.24, 2.45) is 11.8 Å². The van der Waals surface area contributed by atoms with Crippen LogP contribution in [0.2, 0.25) is 0 Å². The van der Waals surface area contributed by atoms with Crippen LogP contribution >= 0.6 is 11.3 Å². The molecule has 0 spiro atoms. The fourth-order valence-corrected chi connectivity index (χ4v) is 2.83. The van der Waals surface area contributed by atoms with Gasteiger partial charge in [0.05, 0.1) is 12.8 Å². The van der Waals surface area contributed by atoms with Gasteiger partial charge in [-0.1, -0.05) is 6.92 Å². The highest BCUT2D eigenvalue weighted by Gasteiger charge is 2.39. The lowest BCUT2D eigenvalue weighted by Crippen LogP contribution is -2.14. The van der Waals surface area contributed by atoms with Gasteiger partial charge in [0, 0.05) is 16.9 Å². The van der Waals surface area contributed by atoms with Crippen LogP contribution < -0.4 is 10.1 Å². The number of benzene rings is 1. The lowest BCUT2D eigenvalue weighted by molar-refractivity contribution is -0.117. The molecule has 0 radical (unpaired) electrons. The zero-order valence-electron chi connectivity index (χ0n) is 11.4. The molecule has 0 bridgehead atoms. The van der Waals surface area contributed by atoms with E-state index in [2.05, 4.69) is 17.2 Å². The molecule has 5 heteroatoms. The zero-order chi connectivity index (χ0) is 14.1. The molecule has 1 amide bonds. The van der Waals surface area contributed by atoms with Crippen LogP contribution in [0.4, 0.5) is 5.13 Å². The van der Waals surface area contributed by atoms with Crippen molar-refractivity contribution in [2.45, 2.75) is 13.3 Å². The van der Waals surface area contributed by atoms with Crippen LogP contribution in [0.25, 0.3) is 11.3 Å². The molecule has 104 valence electrons. The summed E-state index contributed by atoms with van der Waals surface area (Å²) in [7, 11) is 1.64. The number of ether oxygens (including phenoxy) is 1. The Kier molecular flexibility index (Phi) is 3.44. The fourth-order valence-electron chi connectivity index (χ4n) is 2.11. The van der Waals surface area contributed by atoms with Crippen molar-refractivity contribution in [3.63, 3.8) is 0 Å². The van der Waals surface area contributed by atoms with E-state index in [9.17, 15) is 4.79 Å². The van der Waals surface area contributed by atoms with E-state index in [0.29, 0.717) is 11.0 Å². The Morgan fingerprint density at radius 2 is 2.10 bits per heavy atom. The number of nitrogens with one attached hydrogen (secondary N) is 1. The van der Waals surface area contributed by atoms with Gasteiger partial charge in [0.15, 0.2) is 5.13 Å². The number of anilines is 1. The zero-order valence-corrected chi connectivity index (χ0v) is 12.2. The molecule has 3 rings (SSSR count). The standard InChI is InChI=1S/C15H16N2O2S/c1-9-7-12(9)14(18)17-15-16-13(8-20-15)10-3-5-11(19-2)6-4-10/h3-6,8-9,12H,7H2,1-2H3,(H,16,17,18)/t9-,12+/m1/s1. The molecule has 1 aliphatic rings. The number of hydrogen-bond donors (Lipinski definition) is 1. The van der Waals surface area contributed by atoms with Crippen LogP contribution in [0.3, 0.4) is 0 Å². The van der Waals surface area contributed by atoms with Crippen molar-refractivity contribution < 1.29 is 9.53 Å². The molecule has 2 atom stereocenters. The Hall–Kier alpha value is -1.88. The molecule has 0 aliphatic heterocycles. The van der Waals surface area contributed by atoms with Crippen LogP contribution in [0.1, 0.15) is 13.3 Å². The summed E-state index contributed by atoms with van der Waals surface area (Å²) in [6.45, 7) is 2.09. The molecule has 1 N–H and O–H groups in total. The number of carbonyl (C=O) groups is 1. The molecule has 1 aromatic carbocycles. The van der Waals surface area contributed by atoms with Gasteiger partial charge in [-0.25, -0.2) is 4.98 Å². The number of methoxy groups -OCH3 is 1. The van der Waals surface area contributed by atoms with Crippen molar-refractivity contribution >= 4 is 22.4 Å². The van der Waals surface area contributed by atoms with Gasteiger partial charge in [-0.15, -0.1) is 11.3 Å². The van der Waals surface area contributed by atoms with Crippen LogP contribution in [0.5, 0.6) is 5.75 Å². The molecule has 0 unspecified atom stereocenters. The van der Waals surface area contributed by atoms with E-state index in [-0.39, 0.29) is 11.8 Å². The Bertz CT molecular complexity index is 621. The van der Waals surface area contributed by atoms with E-state index in [4.69, 9.17) is 4.74 Å². The third kappa shape index (κ3) is 2.67. The maximum atomic E-state index is 11.9. The van der Waals surface area contributed by atoms with Gasteiger partial charge < -0.3 is 10.1 Å². The topological polar surface area (TPSA) is 51.2 Å². The van der Waals surface area contributed by atoms with Crippen molar-refractivity contribution in [1.29, 1.82) is 0 Å². The van der Waals surface area contributed by atoms with Crippen molar-refractivity contribution in [1.82, 2.24) is 4.98 Å². The minimum Gasteiger partial charge on any atom is -0.497 e. The molecular weight excluding hydrogens is 272 g/mol. The molecule has 1 aromatic heterocycles. The van der Waals surface area contributed by atoms with Gasteiger partial charge >= 0.3 is 0 Å². The summed E-state index contributed by atoms with van der Waals surface area (Å²) < 4.78 is 5.13. The summed E-state index contributed by atoms with van der Waals surface area (Å²) in [5, 5.41) is 5.51.